The summed E-state index contributed by atoms with van der Waals surface area (Å²) in [7, 11) is 0. The van der Waals surface area contributed by atoms with Crippen molar-refractivity contribution >= 4 is 27.4 Å². The van der Waals surface area contributed by atoms with Gasteiger partial charge in [0.15, 0.2) is 0 Å². The molecule has 0 amide bonds. The van der Waals surface area contributed by atoms with Gasteiger partial charge in [0, 0.05) is 27.3 Å². The van der Waals surface area contributed by atoms with Crippen molar-refractivity contribution in [1.29, 1.82) is 0 Å². The molecule has 5 aromatic carbocycles. The number of rotatable bonds is 4. The highest BCUT2D eigenvalue weighted by Gasteiger charge is 2.37. The molecule has 1 heterocycles. The largest absolute Gasteiger partial charge is 0.309 e. The summed E-state index contributed by atoms with van der Waals surface area (Å²) in [6.07, 6.45) is 7.49. The summed E-state index contributed by atoms with van der Waals surface area (Å²) >= 11 is 0. The minimum atomic E-state index is -0.107. The van der Waals surface area contributed by atoms with Gasteiger partial charge in [0.05, 0.1) is 11.0 Å². The molecule has 2 aliphatic carbocycles. The fourth-order valence-corrected chi connectivity index (χ4v) is 8.23. The summed E-state index contributed by atoms with van der Waals surface area (Å²) in [5.74, 6) is 0. The molecule has 0 unspecified atom stereocenters. The first-order chi connectivity index (χ1) is 22.1. The van der Waals surface area contributed by atoms with E-state index in [0.717, 1.165) is 6.42 Å². The van der Waals surface area contributed by atoms with Gasteiger partial charge in [-0.2, -0.15) is 0 Å². The number of aryl methyl sites for hydroxylation is 2. The lowest BCUT2D eigenvalue weighted by Gasteiger charge is -2.24. The molecule has 8 rings (SSSR count). The van der Waals surface area contributed by atoms with Gasteiger partial charge in [0.25, 0.3) is 0 Å². The van der Waals surface area contributed by atoms with E-state index in [1.807, 2.05) is 6.08 Å². The Hall–Kier alpha value is -4.88. The van der Waals surface area contributed by atoms with E-state index in [0.29, 0.717) is 0 Å². The van der Waals surface area contributed by atoms with E-state index in [2.05, 4.69) is 162 Å². The molecule has 1 aromatic heterocycles. The first-order valence-electron chi connectivity index (χ1n) is 16.5. The fourth-order valence-electron chi connectivity index (χ4n) is 8.23. The van der Waals surface area contributed by atoms with Crippen molar-refractivity contribution in [3.63, 3.8) is 0 Å². The lowest BCUT2D eigenvalue weighted by molar-refractivity contribution is 0.644. The maximum absolute atomic E-state index is 4.10. The average molecular weight is 596 g/mol. The van der Waals surface area contributed by atoms with Crippen LogP contribution >= 0.6 is 0 Å². The van der Waals surface area contributed by atoms with Crippen molar-refractivity contribution in [3.8, 4) is 16.8 Å². The van der Waals surface area contributed by atoms with E-state index in [4.69, 9.17) is 0 Å². The molecule has 46 heavy (non-hydrogen) atoms. The molecular formula is C45H41N. The Morgan fingerprint density at radius 3 is 2.04 bits per heavy atom. The highest BCUT2D eigenvalue weighted by Crippen LogP contribution is 2.50. The van der Waals surface area contributed by atoms with Gasteiger partial charge in [0.2, 0.25) is 0 Å². The minimum Gasteiger partial charge on any atom is -0.309 e. The van der Waals surface area contributed by atoms with Crippen LogP contribution in [0.3, 0.4) is 0 Å². The lowest BCUT2D eigenvalue weighted by atomic mass is 9.80. The van der Waals surface area contributed by atoms with Gasteiger partial charge in [-0.1, -0.05) is 124 Å². The van der Waals surface area contributed by atoms with Crippen molar-refractivity contribution in [2.45, 2.75) is 58.8 Å². The Bertz CT molecular complexity index is 2250. The van der Waals surface area contributed by atoms with Crippen LogP contribution in [0.4, 0.5) is 0 Å². The zero-order valence-electron chi connectivity index (χ0n) is 27.8. The smallest absolute Gasteiger partial charge is 0.0541 e. The zero-order chi connectivity index (χ0) is 32.0. The molecule has 226 valence electrons. The number of allylic oxidation sites excluding steroid dienone is 5. The van der Waals surface area contributed by atoms with E-state index in [-0.39, 0.29) is 10.8 Å². The standard InChI is InChI=1S/C45H41N/c1-8-11-30(31-17-19-36-35-12-9-10-13-39(35)45(6,7)41(36)26-31)24-33-25-32-16-18-34(27-40(32)44(33,4)5)46-42-20-14-28(2)22-37(42)38-23-29(3)15-21-43(38)46/h8-24,26-27H,1,25H2,2-7H3/b30-11+,33-24+. The molecule has 0 spiro atoms. The van der Waals surface area contributed by atoms with Crippen molar-refractivity contribution in [1.82, 2.24) is 4.57 Å². The van der Waals surface area contributed by atoms with Crippen LogP contribution in [0.5, 0.6) is 0 Å². The van der Waals surface area contributed by atoms with E-state index >= 15 is 0 Å². The van der Waals surface area contributed by atoms with Crippen LogP contribution in [0.2, 0.25) is 0 Å². The van der Waals surface area contributed by atoms with E-state index < -0.39 is 0 Å². The number of fused-ring (bicyclic) bond motifs is 7. The molecule has 2 aliphatic rings. The average Bonchev–Trinajstić information content (AvgIpc) is 3.58. The zero-order valence-corrected chi connectivity index (χ0v) is 27.8. The van der Waals surface area contributed by atoms with Gasteiger partial charge >= 0.3 is 0 Å². The second-order valence-electron chi connectivity index (χ2n) is 14.5. The highest BCUT2D eigenvalue weighted by atomic mass is 15.0. The third-order valence-corrected chi connectivity index (χ3v) is 10.8. The van der Waals surface area contributed by atoms with E-state index in [1.165, 1.54) is 88.7 Å². The summed E-state index contributed by atoms with van der Waals surface area (Å²) in [6, 6.07) is 36.7. The normalized spacial score (nSPS) is 17.0. The maximum atomic E-state index is 4.10. The summed E-state index contributed by atoms with van der Waals surface area (Å²) < 4.78 is 2.45. The van der Waals surface area contributed by atoms with Crippen molar-refractivity contribution in [3.05, 3.63) is 166 Å². The molecule has 0 atom stereocenters. The lowest BCUT2D eigenvalue weighted by Crippen LogP contribution is -2.16. The first-order valence-corrected chi connectivity index (χ1v) is 16.5. The minimum absolute atomic E-state index is 0.0299. The van der Waals surface area contributed by atoms with Gasteiger partial charge in [-0.15, -0.1) is 0 Å². The quantitative estimate of drug-likeness (QED) is 0.179. The van der Waals surface area contributed by atoms with Crippen LogP contribution in [0.25, 0.3) is 44.2 Å². The molecule has 0 saturated carbocycles. The third-order valence-electron chi connectivity index (χ3n) is 10.8. The Morgan fingerprint density at radius 1 is 0.674 bits per heavy atom. The predicted molar refractivity (Wildman–Crippen MR) is 197 cm³/mol. The van der Waals surface area contributed by atoms with Crippen molar-refractivity contribution in [2.24, 2.45) is 0 Å². The topological polar surface area (TPSA) is 4.93 Å². The Balaban J connectivity index is 1.21. The molecule has 0 N–H and O–H groups in total. The van der Waals surface area contributed by atoms with Crippen LogP contribution in [-0.2, 0) is 17.3 Å². The molecule has 0 fully saturated rings. The SMILES string of the molecule is C=C/C=C(\C=C1/Cc2ccc(-n3c4ccc(C)cc4c4cc(C)ccc43)cc2C1(C)C)c1ccc2c(c1)C(C)(C)c1ccccc1-2. The number of hydrogen-bond donors (Lipinski definition) is 0. The van der Waals surface area contributed by atoms with Gasteiger partial charge in [-0.05, 0) is 107 Å². The van der Waals surface area contributed by atoms with Crippen LogP contribution < -0.4 is 0 Å². The highest BCUT2D eigenvalue weighted by molar-refractivity contribution is 6.09. The number of benzene rings is 5. The molecule has 6 aromatic rings. The predicted octanol–water partition coefficient (Wildman–Crippen LogP) is 11.7. The third kappa shape index (κ3) is 4.14. The molecule has 0 radical (unpaired) electrons. The van der Waals surface area contributed by atoms with E-state index in [9.17, 15) is 0 Å². The first kappa shape index (κ1) is 28.6. The summed E-state index contributed by atoms with van der Waals surface area (Å²) in [5.41, 5.74) is 18.4. The molecule has 0 aliphatic heterocycles. The number of hydrogen-bond acceptors (Lipinski definition) is 0. The van der Waals surface area contributed by atoms with Gasteiger partial charge in [-0.3, -0.25) is 0 Å². The number of nitrogens with zero attached hydrogens (tertiary/aromatic N) is 1. The maximum Gasteiger partial charge on any atom is 0.0541 e. The second-order valence-corrected chi connectivity index (χ2v) is 14.5. The van der Waals surface area contributed by atoms with Crippen LogP contribution in [0.1, 0.15) is 66.6 Å². The number of aromatic nitrogens is 1. The van der Waals surface area contributed by atoms with E-state index in [1.54, 1.807) is 0 Å². The van der Waals surface area contributed by atoms with Crippen LogP contribution in [0, 0.1) is 13.8 Å². The van der Waals surface area contributed by atoms with Crippen molar-refractivity contribution in [2.75, 3.05) is 0 Å². The van der Waals surface area contributed by atoms with Gasteiger partial charge in [-0.25, -0.2) is 0 Å². The Morgan fingerprint density at radius 2 is 1.35 bits per heavy atom. The van der Waals surface area contributed by atoms with Crippen molar-refractivity contribution < 1.29 is 0 Å². The molecule has 0 saturated heterocycles. The van der Waals surface area contributed by atoms with Gasteiger partial charge < -0.3 is 4.57 Å². The molecule has 0 bridgehead atoms. The summed E-state index contributed by atoms with van der Waals surface area (Å²) in [4.78, 5) is 0. The summed E-state index contributed by atoms with van der Waals surface area (Å²) in [5, 5.41) is 2.64. The van der Waals surface area contributed by atoms with Crippen LogP contribution in [-0.4, -0.2) is 4.57 Å². The molecule has 1 nitrogen and oxygen atoms in total. The Labute approximate surface area is 273 Å². The second kappa shape index (κ2) is 10.1. The molecule has 1 heteroatoms. The summed E-state index contributed by atoms with van der Waals surface area (Å²) in [6.45, 7) is 18.0. The monoisotopic (exact) mass is 595 g/mol. The fraction of sp³-hybridized carbons (Fsp3) is 0.200. The molecular weight excluding hydrogens is 555 g/mol. The Kier molecular flexibility index (Phi) is 6.25. The van der Waals surface area contributed by atoms with Gasteiger partial charge in [0.1, 0.15) is 0 Å². The van der Waals surface area contributed by atoms with Crippen LogP contribution in [0.15, 0.2) is 127 Å².